The third-order valence-corrected chi connectivity index (χ3v) is 2.07. The first-order chi connectivity index (χ1) is 8.20. The van der Waals surface area contributed by atoms with Crippen LogP contribution in [0.2, 0.25) is 0 Å². The molecular formula is C11H9F5O2. The molecule has 0 radical (unpaired) electrons. The first-order valence-electron chi connectivity index (χ1n) is 4.92. The minimum Gasteiger partial charge on any atom is -0.494 e. The molecule has 0 heterocycles. The van der Waals surface area contributed by atoms with E-state index < -0.39 is 23.4 Å². The molecule has 0 spiro atoms. The van der Waals surface area contributed by atoms with Crippen LogP contribution in [-0.2, 0) is 0 Å². The van der Waals surface area contributed by atoms with Gasteiger partial charge in [0.25, 0.3) is 0 Å². The van der Waals surface area contributed by atoms with Gasteiger partial charge in [-0.1, -0.05) is 0 Å². The second-order valence-corrected chi connectivity index (χ2v) is 3.36. The molecule has 0 aliphatic carbocycles. The molecule has 0 saturated heterocycles. The molecule has 0 amide bonds. The van der Waals surface area contributed by atoms with E-state index in [4.69, 9.17) is 4.74 Å². The lowest BCUT2D eigenvalue weighted by Crippen LogP contribution is -2.44. The lowest BCUT2D eigenvalue weighted by Gasteiger charge is -2.18. The minimum atomic E-state index is -5.90. The van der Waals surface area contributed by atoms with Crippen LogP contribution < -0.4 is 4.74 Å². The first-order valence-corrected chi connectivity index (χ1v) is 4.92. The van der Waals surface area contributed by atoms with Crippen molar-refractivity contribution in [2.45, 2.75) is 19.0 Å². The van der Waals surface area contributed by atoms with E-state index in [9.17, 15) is 26.7 Å². The number of ketones is 1. The number of Topliss-reactive ketones (excluding diaryl/α,β-unsaturated/α-hetero) is 1. The third-order valence-electron chi connectivity index (χ3n) is 2.07. The Bertz CT molecular complexity index is 422. The van der Waals surface area contributed by atoms with Gasteiger partial charge in [-0.25, -0.2) is 0 Å². The van der Waals surface area contributed by atoms with Gasteiger partial charge >= 0.3 is 12.1 Å². The number of ether oxygens (including phenoxy) is 1. The van der Waals surface area contributed by atoms with Gasteiger partial charge in [-0.15, -0.1) is 0 Å². The molecule has 0 aliphatic rings. The average molecular weight is 268 g/mol. The Morgan fingerprint density at radius 3 is 2.00 bits per heavy atom. The highest BCUT2D eigenvalue weighted by Gasteiger charge is 2.63. The summed E-state index contributed by atoms with van der Waals surface area (Å²) in [6.45, 7) is 1.99. The second kappa shape index (κ2) is 4.91. The number of hydrogen-bond donors (Lipinski definition) is 0. The summed E-state index contributed by atoms with van der Waals surface area (Å²) in [5.74, 6) is -7.39. The van der Waals surface area contributed by atoms with Gasteiger partial charge in [0.15, 0.2) is 0 Å². The van der Waals surface area contributed by atoms with Crippen LogP contribution in [0.1, 0.15) is 17.3 Å². The monoisotopic (exact) mass is 268 g/mol. The van der Waals surface area contributed by atoms with Crippen LogP contribution in [0.4, 0.5) is 22.0 Å². The van der Waals surface area contributed by atoms with E-state index in [-0.39, 0.29) is 5.75 Å². The van der Waals surface area contributed by atoms with Gasteiger partial charge < -0.3 is 4.74 Å². The van der Waals surface area contributed by atoms with E-state index >= 15 is 0 Å². The van der Waals surface area contributed by atoms with Crippen molar-refractivity contribution in [3.63, 3.8) is 0 Å². The molecule has 1 aromatic carbocycles. The molecule has 18 heavy (non-hydrogen) atoms. The summed E-state index contributed by atoms with van der Waals surface area (Å²) in [7, 11) is 0. The Hall–Kier alpha value is -1.66. The van der Waals surface area contributed by atoms with Crippen LogP contribution in [0, 0.1) is 0 Å². The average Bonchev–Trinajstić information content (AvgIpc) is 2.28. The minimum absolute atomic E-state index is 0.282. The molecule has 2 nitrogen and oxygen atoms in total. The van der Waals surface area contributed by atoms with E-state index in [0.29, 0.717) is 6.61 Å². The highest BCUT2D eigenvalue weighted by Crippen LogP contribution is 2.38. The number of hydrogen-bond acceptors (Lipinski definition) is 2. The van der Waals surface area contributed by atoms with Crippen LogP contribution >= 0.6 is 0 Å². The molecule has 1 rings (SSSR count). The fraction of sp³-hybridized carbons (Fsp3) is 0.364. The lowest BCUT2D eigenvalue weighted by molar-refractivity contribution is -0.255. The van der Waals surface area contributed by atoms with Crippen molar-refractivity contribution in [2.75, 3.05) is 6.61 Å². The van der Waals surface area contributed by atoms with E-state index in [2.05, 4.69) is 0 Å². The highest BCUT2D eigenvalue weighted by atomic mass is 19.4. The fourth-order valence-electron chi connectivity index (χ4n) is 1.18. The lowest BCUT2D eigenvalue weighted by atomic mass is 10.1. The maximum absolute atomic E-state index is 12.8. The molecule has 0 aliphatic heterocycles. The molecule has 0 atom stereocenters. The van der Waals surface area contributed by atoms with Crippen LogP contribution in [0.15, 0.2) is 24.3 Å². The number of carbonyl (C=O) groups excluding carboxylic acids is 1. The molecule has 0 aromatic heterocycles. The summed E-state index contributed by atoms with van der Waals surface area (Å²) in [6.07, 6.45) is -5.90. The normalized spacial score (nSPS) is 12.3. The number of benzene rings is 1. The Morgan fingerprint density at radius 1 is 1.11 bits per heavy atom. The zero-order valence-corrected chi connectivity index (χ0v) is 9.22. The predicted molar refractivity (Wildman–Crippen MR) is 52.9 cm³/mol. The maximum atomic E-state index is 12.8. The number of rotatable bonds is 4. The smallest absolute Gasteiger partial charge is 0.461 e. The van der Waals surface area contributed by atoms with Gasteiger partial charge in [0.1, 0.15) is 5.75 Å². The zero-order valence-electron chi connectivity index (χ0n) is 9.22. The SMILES string of the molecule is CCOc1ccc(C(=O)C(F)(F)C(F)(F)F)cc1. The number of carbonyl (C=O) groups is 1. The van der Waals surface area contributed by atoms with E-state index in [1.807, 2.05) is 0 Å². The van der Waals surface area contributed by atoms with Gasteiger partial charge in [-0.2, -0.15) is 22.0 Å². The van der Waals surface area contributed by atoms with Crippen molar-refractivity contribution in [3.8, 4) is 5.75 Å². The molecular weight excluding hydrogens is 259 g/mol. The summed E-state index contributed by atoms with van der Waals surface area (Å²) in [6, 6.07) is 4.05. The summed E-state index contributed by atoms with van der Waals surface area (Å²) < 4.78 is 66.4. The Kier molecular flexibility index (Phi) is 3.93. The van der Waals surface area contributed by atoms with Crippen molar-refractivity contribution in [1.82, 2.24) is 0 Å². The Balaban J connectivity index is 2.98. The summed E-state index contributed by atoms with van der Waals surface area (Å²) in [4.78, 5) is 11.1. The summed E-state index contributed by atoms with van der Waals surface area (Å²) >= 11 is 0. The third kappa shape index (κ3) is 2.77. The maximum Gasteiger partial charge on any atom is 0.461 e. The van der Waals surface area contributed by atoms with Crippen molar-refractivity contribution in [3.05, 3.63) is 29.8 Å². The zero-order chi connectivity index (χ0) is 14.0. The number of halogens is 5. The standard InChI is InChI=1S/C11H9F5O2/c1-2-18-8-5-3-7(4-6-8)9(17)10(12,13)11(14,15)16/h3-6H,2H2,1H3. The molecule has 0 N–H and O–H groups in total. The van der Waals surface area contributed by atoms with Crippen molar-refractivity contribution in [2.24, 2.45) is 0 Å². The van der Waals surface area contributed by atoms with E-state index in [1.165, 1.54) is 0 Å². The van der Waals surface area contributed by atoms with Crippen molar-refractivity contribution >= 4 is 5.78 Å². The summed E-state index contributed by atoms with van der Waals surface area (Å²) in [5.41, 5.74) is -0.722. The molecule has 7 heteroatoms. The van der Waals surface area contributed by atoms with Crippen LogP contribution in [0.5, 0.6) is 5.75 Å². The van der Waals surface area contributed by atoms with Gasteiger partial charge in [0.2, 0.25) is 5.78 Å². The molecule has 0 unspecified atom stereocenters. The number of alkyl halides is 5. The molecule has 0 fully saturated rings. The van der Waals surface area contributed by atoms with Crippen LogP contribution in [-0.4, -0.2) is 24.5 Å². The van der Waals surface area contributed by atoms with Gasteiger partial charge in [0, 0.05) is 5.56 Å². The highest BCUT2D eigenvalue weighted by molar-refractivity contribution is 6.02. The van der Waals surface area contributed by atoms with Crippen molar-refractivity contribution in [1.29, 1.82) is 0 Å². The fourth-order valence-corrected chi connectivity index (χ4v) is 1.18. The quantitative estimate of drug-likeness (QED) is 0.617. The molecule has 1 aromatic rings. The van der Waals surface area contributed by atoms with Crippen LogP contribution in [0.3, 0.4) is 0 Å². The first kappa shape index (κ1) is 14.4. The van der Waals surface area contributed by atoms with Crippen molar-refractivity contribution < 1.29 is 31.5 Å². The summed E-state index contributed by atoms with van der Waals surface area (Å²) in [5, 5.41) is 0. The predicted octanol–water partition coefficient (Wildman–Crippen LogP) is 3.47. The van der Waals surface area contributed by atoms with Gasteiger partial charge in [-0.05, 0) is 31.2 Å². The van der Waals surface area contributed by atoms with E-state index in [0.717, 1.165) is 24.3 Å². The second-order valence-electron chi connectivity index (χ2n) is 3.36. The topological polar surface area (TPSA) is 26.3 Å². The molecule has 0 saturated carbocycles. The Labute approximate surface area is 99.4 Å². The van der Waals surface area contributed by atoms with Gasteiger partial charge in [-0.3, -0.25) is 4.79 Å². The molecule has 100 valence electrons. The Morgan fingerprint density at radius 2 is 1.61 bits per heavy atom. The largest absolute Gasteiger partial charge is 0.494 e. The van der Waals surface area contributed by atoms with Gasteiger partial charge in [0.05, 0.1) is 6.61 Å². The molecule has 0 bridgehead atoms. The van der Waals surface area contributed by atoms with Crippen LogP contribution in [0.25, 0.3) is 0 Å². The van der Waals surface area contributed by atoms with E-state index in [1.54, 1.807) is 6.92 Å².